The van der Waals surface area contributed by atoms with Crippen LogP contribution in [0.4, 0.5) is 20.2 Å². The maximum absolute atomic E-state index is 13.1. The minimum atomic E-state index is -0.770. The molecule has 1 unspecified atom stereocenters. The number of nitrogen functional groups attached to an aromatic ring is 1. The molecule has 1 aromatic carbocycles. The quantitative estimate of drug-likeness (QED) is 0.788. The molecule has 1 saturated heterocycles. The summed E-state index contributed by atoms with van der Waals surface area (Å²) in [4.78, 5) is 0. The van der Waals surface area contributed by atoms with Crippen molar-refractivity contribution in [2.45, 2.75) is 6.10 Å². The van der Waals surface area contributed by atoms with Crippen molar-refractivity contribution in [1.82, 2.24) is 0 Å². The van der Waals surface area contributed by atoms with Crippen LogP contribution in [0.3, 0.4) is 0 Å². The molecule has 0 saturated carbocycles. The van der Waals surface area contributed by atoms with Gasteiger partial charge < -0.3 is 20.5 Å². The van der Waals surface area contributed by atoms with E-state index in [4.69, 9.17) is 15.2 Å². The third kappa shape index (κ3) is 3.04. The molecule has 1 heterocycles. The van der Waals surface area contributed by atoms with Crippen LogP contribution in [0.5, 0.6) is 0 Å². The van der Waals surface area contributed by atoms with Crippen LogP contribution in [0.2, 0.25) is 0 Å². The first-order valence-electron chi connectivity index (χ1n) is 5.34. The Labute approximate surface area is 97.7 Å². The number of rotatable bonds is 3. The van der Waals surface area contributed by atoms with Crippen molar-refractivity contribution in [3.8, 4) is 0 Å². The number of nitrogens with two attached hydrogens (primary N) is 1. The molecule has 0 radical (unpaired) electrons. The molecule has 3 N–H and O–H groups in total. The maximum Gasteiger partial charge on any atom is 0.151 e. The third-order valence-corrected chi connectivity index (χ3v) is 2.50. The van der Waals surface area contributed by atoms with Crippen molar-refractivity contribution < 1.29 is 18.3 Å². The van der Waals surface area contributed by atoms with Crippen molar-refractivity contribution in [3.05, 3.63) is 23.8 Å². The average Bonchev–Trinajstić information content (AvgIpc) is 2.33. The summed E-state index contributed by atoms with van der Waals surface area (Å²) < 4.78 is 36.7. The Morgan fingerprint density at radius 3 is 2.88 bits per heavy atom. The van der Waals surface area contributed by atoms with E-state index in [0.717, 1.165) is 12.1 Å². The van der Waals surface area contributed by atoms with Gasteiger partial charge in [0.15, 0.2) is 5.82 Å². The second-order valence-electron chi connectivity index (χ2n) is 3.80. The monoisotopic (exact) mass is 244 g/mol. The van der Waals surface area contributed by atoms with Gasteiger partial charge >= 0.3 is 0 Å². The highest BCUT2D eigenvalue weighted by Crippen LogP contribution is 2.23. The summed E-state index contributed by atoms with van der Waals surface area (Å²) in [6.07, 6.45) is -0.130. The van der Waals surface area contributed by atoms with E-state index in [2.05, 4.69) is 5.32 Å². The molecule has 0 amide bonds. The largest absolute Gasteiger partial charge is 0.395 e. The molecule has 0 spiro atoms. The number of halogens is 2. The molecule has 6 heteroatoms. The number of hydrogen-bond acceptors (Lipinski definition) is 4. The number of anilines is 2. The topological polar surface area (TPSA) is 56.5 Å². The SMILES string of the molecule is Nc1c(F)cc(F)cc1NCC1COCCO1. The van der Waals surface area contributed by atoms with Crippen molar-refractivity contribution in [3.63, 3.8) is 0 Å². The third-order valence-electron chi connectivity index (χ3n) is 2.50. The van der Waals surface area contributed by atoms with Crippen LogP contribution in [0.15, 0.2) is 12.1 Å². The van der Waals surface area contributed by atoms with Gasteiger partial charge in [0.25, 0.3) is 0 Å². The lowest BCUT2D eigenvalue weighted by atomic mass is 10.2. The zero-order valence-electron chi connectivity index (χ0n) is 9.21. The summed E-state index contributed by atoms with van der Waals surface area (Å²) in [6.45, 7) is 1.96. The van der Waals surface area contributed by atoms with Gasteiger partial charge in [0, 0.05) is 12.6 Å². The summed E-state index contributed by atoms with van der Waals surface area (Å²) in [5.74, 6) is -1.44. The van der Waals surface area contributed by atoms with Gasteiger partial charge in [0.05, 0.1) is 37.3 Å². The van der Waals surface area contributed by atoms with Gasteiger partial charge in [0.2, 0.25) is 0 Å². The lowest BCUT2D eigenvalue weighted by molar-refractivity contribution is -0.0818. The molecule has 94 valence electrons. The summed E-state index contributed by atoms with van der Waals surface area (Å²) >= 11 is 0. The highest BCUT2D eigenvalue weighted by molar-refractivity contribution is 5.66. The molecule has 1 aromatic rings. The van der Waals surface area contributed by atoms with Gasteiger partial charge in [-0.15, -0.1) is 0 Å². The Balaban J connectivity index is 1.98. The number of benzene rings is 1. The summed E-state index contributed by atoms with van der Waals surface area (Å²) in [7, 11) is 0. The standard InChI is InChI=1S/C11H14F2N2O2/c12-7-3-9(13)11(14)10(4-7)15-5-8-6-16-1-2-17-8/h3-4,8,15H,1-2,5-6,14H2. The predicted octanol–water partition coefficient (Wildman–Crippen LogP) is 1.37. The van der Waals surface area contributed by atoms with Crippen molar-refractivity contribution in [1.29, 1.82) is 0 Å². The Morgan fingerprint density at radius 2 is 2.18 bits per heavy atom. The normalized spacial score (nSPS) is 20.2. The van der Waals surface area contributed by atoms with Crippen LogP contribution in [0, 0.1) is 11.6 Å². The van der Waals surface area contributed by atoms with Gasteiger partial charge in [-0.25, -0.2) is 8.78 Å². The van der Waals surface area contributed by atoms with E-state index in [1.807, 2.05) is 0 Å². The second kappa shape index (κ2) is 5.29. The van der Waals surface area contributed by atoms with Gasteiger partial charge in [-0.3, -0.25) is 0 Å². The fraction of sp³-hybridized carbons (Fsp3) is 0.455. The van der Waals surface area contributed by atoms with E-state index < -0.39 is 11.6 Å². The first-order valence-corrected chi connectivity index (χ1v) is 5.34. The summed E-state index contributed by atoms with van der Waals surface area (Å²) in [6, 6.07) is 1.91. The lowest BCUT2D eigenvalue weighted by Crippen LogP contribution is -2.34. The first-order chi connectivity index (χ1) is 8.16. The van der Waals surface area contributed by atoms with Crippen LogP contribution in [-0.2, 0) is 9.47 Å². The van der Waals surface area contributed by atoms with Crippen LogP contribution in [0.1, 0.15) is 0 Å². The molecule has 17 heavy (non-hydrogen) atoms. The van der Waals surface area contributed by atoms with Crippen LogP contribution >= 0.6 is 0 Å². The Hall–Kier alpha value is -1.40. The minimum Gasteiger partial charge on any atom is -0.395 e. The highest BCUT2D eigenvalue weighted by atomic mass is 19.1. The van der Waals surface area contributed by atoms with Crippen LogP contribution < -0.4 is 11.1 Å². The Bertz CT molecular complexity index is 395. The Kier molecular flexibility index (Phi) is 3.75. The minimum absolute atomic E-state index is 0.0943. The number of hydrogen-bond donors (Lipinski definition) is 2. The maximum atomic E-state index is 13.1. The summed E-state index contributed by atoms with van der Waals surface area (Å²) in [5.41, 5.74) is 5.63. The van der Waals surface area contributed by atoms with Crippen LogP contribution in [0.25, 0.3) is 0 Å². The molecule has 0 aliphatic carbocycles. The van der Waals surface area contributed by atoms with Crippen molar-refractivity contribution in [2.75, 3.05) is 37.4 Å². The fourth-order valence-electron chi connectivity index (χ4n) is 1.61. The molecular formula is C11H14F2N2O2. The molecule has 0 bridgehead atoms. The first kappa shape index (κ1) is 12.1. The van der Waals surface area contributed by atoms with Gasteiger partial charge in [-0.05, 0) is 6.07 Å². The van der Waals surface area contributed by atoms with Gasteiger partial charge in [0.1, 0.15) is 5.82 Å². The molecular weight excluding hydrogens is 230 g/mol. The lowest BCUT2D eigenvalue weighted by Gasteiger charge is -2.23. The van der Waals surface area contributed by atoms with E-state index in [1.54, 1.807) is 0 Å². The predicted molar refractivity (Wildman–Crippen MR) is 59.8 cm³/mol. The van der Waals surface area contributed by atoms with Crippen molar-refractivity contribution >= 4 is 11.4 Å². The molecule has 0 aromatic heterocycles. The zero-order valence-corrected chi connectivity index (χ0v) is 9.21. The van der Waals surface area contributed by atoms with E-state index in [9.17, 15) is 8.78 Å². The average molecular weight is 244 g/mol. The highest BCUT2D eigenvalue weighted by Gasteiger charge is 2.15. The number of nitrogens with one attached hydrogen (secondary N) is 1. The van der Waals surface area contributed by atoms with E-state index >= 15 is 0 Å². The molecule has 1 atom stereocenters. The van der Waals surface area contributed by atoms with Gasteiger partial charge in [-0.2, -0.15) is 0 Å². The van der Waals surface area contributed by atoms with E-state index in [1.165, 1.54) is 0 Å². The summed E-state index contributed by atoms with van der Waals surface area (Å²) in [5, 5.41) is 2.85. The fourth-order valence-corrected chi connectivity index (χ4v) is 1.61. The zero-order chi connectivity index (χ0) is 12.3. The second-order valence-corrected chi connectivity index (χ2v) is 3.80. The number of ether oxygens (including phenoxy) is 2. The molecule has 1 fully saturated rings. The Morgan fingerprint density at radius 1 is 1.35 bits per heavy atom. The van der Waals surface area contributed by atoms with Gasteiger partial charge in [-0.1, -0.05) is 0 Å². The molecule has 1 aliphatic rings. The molecule has 1 aliphatic heterocycles. The van der Waals surface area contributed by atoms with E-state index in [0.29, 0.717) is 26.4 Å². The van der Waals surface area contributed by atoms with Crippen LogP contribution in [-0.4, -0.2) is 32.5 Å². The van der Waals surface area contributed by atoms with Crippen molar-refractivity contribution in [2.24, 2.45) is 0 Å². The smallest absolute Gasteiger partial charge is 0.151 e. The van der Waals surface area contributed by atoms with E-state index in [-0.39, 0.29) is 17.5 Å². The molecule has 4 nitrogen and oxygen atoms in total. The molecule has 2 rings (SSSR count).